The summed E-state index contributed by atoms with van der Waals surface area (Å²) >= 11 is 0. The van der Waals surface area contributed by atoms with Crippen molar-refractivity contribution in [1.29, 1.82) is 0 Å². The highest BCUT2D eigenvalue weighted by molar-refractivity contribution is 5.06. The summed E-state index contributed by atoms with van der Waals surface area (Å²) < 4.78 is 5.02. The summed E-state index contributed by atoms with van der Waals surface area (Å²) in [6, 6.07) is 1.96. The number of aromatic nitrogens is 1. The Balaban J connectivity index is 1.91. The molecule has 4 nitrogen and oxygen atoms in total. The van der Waals surface area contributed by atoms with Crippen LogP contribution < -0.4 is 11.1 Å². The molecule has 1 fully saturated rings. The monoisotopic (exact) mass is 209 g/mol. The minimum absolute atomic E-state index is 0.0624. The van der Waals surface area contributed by atoms with Crippen LogP contribution in [0.2, 0.25) is 0 Å². The number of hydrogen-bond acceptors (Lipinski definition) is 4. The minimum atomic E-state index is 0.0624. The maximum Gasteiger partial charge on any atom is 0.133 e. The first kappa shape index (κ1) is 10.6. The van der Waals surface area contributed by atoms with Crippen molar-refractivity contribution in [3.8, 4) is 0 Å². The number of aryl methyl sites for hydroxylation is 1. The Hall–Kier alpha value is -0.870. The normalized spacial score (nSPS) is 20.2. The average molecular weight is 209 g/mol. The number of hydrogen-bond donors (Lipinski definition) is 2. The number of rotatable bonds is 5. The molecule has 0 aliphatic heterocycles. The fourth-order valence-electron chi connectivity index (χ4n) is 1.90. The van der Waals surface area contributed by atoms with E-state index in [1.54, 1.807) is 0 Å². The van der Waals surface area contributed by atoms with Gasteiger partial charge in [0, 0.05) is 24.7 Å². The Morgan fingerprint density at radius 2 is 2.40 bits per heavy atom. The molecule has 3 N–H and O–H groups in total. The largest absolute Gasteiger partial charge is 0.361 e. The van der Waals surface area contributed by atoms with Gasteiger partial charge in [0.2, 0.25) is 0 Å². The lowest BCUT2D eigenvalue weighted by molar-refractivity contribution is 0.309. The summed E-state index contributed by atoms with van der Waals surface area (Å²) in [5.41, 5.74) is 6.83. The molecule has 1 aromatic heterocycles. The topological polar surface area (TPSA) is 64.1 Å². The van der Waals surface area contributed by atoms with E-state index in [2.05, 4.69) is 17.4 Å². The predicted octanol–water partition coefficient (Wildman–Crippen LogP) is 1.20. The van der Waals surface area contributed by atoms with Crippen LogP contribution in [0.4, 0.5) is 0 Å². The van der Waals surface area contributed by atoms with E-state index in [1.165, 1.54) is 12.8 Å². The molecule has 2 rings (SSSR count). The van der Waals surface area contributed by atoms with Crippen LogP contribution in [0.15, 0.2) is 10.6 Å². The third-order valence-corrected chi connectivity index (χ3v) is 3.25. The van der Waals surface area contributed by atoms with Gasteiger partial charge in [-0.05, 0) is 32.6 Å². The van der Waals surface area contributed by atoms with E-state index >= 15 is 0 Å². The molecule has 84 valence electrons. The lowest BCUT2D eigenvalue weighted by atomic mass is 9.96. The molecule has 1 aliphatic carbocycles. The average Bonchev–Trinajstić information content (AvgIpc) is 3.00. The second-order valence-electron chi connectivity index (χ2n) is 4.68. The number of nitrogens with two attached hydrogens (primary N) is 1. The fraction of sp³-hybridized carbons (Fsp3) is 0.727. The molecule has 1 unspecified atom stereocenters. The van der Waals surface area contributed by atoms with Gasteiger partial charge in [-0.2, -0.15) is 0 Å². The SMILES string of the molecule is Cc1cc(CNC(C)(CN)C2CC2)no1. The van der Waals surface area contributed by atoms with Gasteiger partial charge in [0.1, 0.15) is 5.76 Å². The lowest BCUT2D eigenvalue weighted by Gasteiger charge is -2.29. The maximum absolute atomic E-state index is 5.81. The Kier molecular flexibility index (Phi) is 2.80. The molecule has 1 heterocycles. The zero-order valence-corrected chi connectivity index (χ0v) is 9.42. The summed E-state index contributed by atoms with van der Waals surface area (Å²) in [6.45, 7) is 5.51. The summed E-state index contributed by atoms with van der Waals surface area (Å²) in [6.07, 6.45) is 2.58. The maximum atomic E-state index is 5.81. The molecule has 0 spiro atoms. The predicted molar refractivity (Wildman–Crippen MR) is 58.3 cm³/mol. The Bertz CT molecular complexity index is 332. The molecule has 0 saturated heterocycles. The second kappa shape index (κ2) is 3.94. The van der Waals surface area contributed by atoms with Crippen molar-refractivity contribution in [1.82, 2.24) is 10.5 Å². The van der Waals surface area contributed by atoms with Crippen LogP contribution in [-0.2, 0) is 6.54 Å². The summed E-state index contributed by atoms with van der Waals surface area (Å²) in [5, 5.41) is 7.44. The molecule has 0 amide bonds. The first-order chi connectivity index (χ1) is 7.14. The fourth-order valence-corrected chi connectivity index (χ4v) is 1.90. The zero-order valence-electron chi connectivity index (χ0n) is 9.42. The number of nitrogens with one attached hydrogen (secondary N) is 1. The summed E-state index contributed by atoms with van der Waals surface area (Å²) in [4.78, 5) is 0. The molecule has 0 aromatic carbocycles. The molecule has 1 aromatic rings. The van der Waals surface area contributed by atoms with Gasteiger partial charge >= 0.3 is 0 Å². The van der Waals surface area contributed by atoms with Crippen LogP contribution in [0.5, 0.6) is 0 Å². The van der Waals surface area contributed by atoms with Crippen LogP contribution in [-0.4, -0.2) is 17.2 Å². The Morgan fingerprint density at radius 3 is 2.87 bits per heavy atom. The van der Waals surface area contributed by atoms with Crippen molar-refractivity contribution in [3.63, 3.8) is 0 Å². The van der Waals surface area contributed by atoms with Crippen LogP contribution in [0, 0.1) is 12.8 Å². The molecular formula is C11H19N3O. The second-order valence-corrected chi connectivity index (χ2v) is 4.68. The van der Waals surface area contributed by atoms with Gasteiger partial charge in [-0.15, -0.1) is 0 Å². The summed E-state index contributed by atoms with van der Waals surface area (Å²) in [7, 11) is 0. The third-order valence-electron chi connectivity index (χ3n) is 3.25. The van der Waals surface area contributed by atoms with E-state index in [0.717, 1.165) is 23.9 Å². The van der Waals surface area contributed by atoms with Gasteiger partial charge in [-0.3, -0.25) is 0 Å². The van der Waals surface area contributed by atoms with Crippen molar-refractivity contribution < 1.29 is 4.52 Å². The number of nitrogens with zero attached hydrogens (tertiary/aromatic N) is 1. The van der Waals surface area contributed by atoms with Crippen molar-refractivity contribution in [2.45, 2.75) is 38.8 Å². The minimum Gasteiger partial charge on any atom is -0.361 e. The highest BCUT2D eigenvalue weighted by atomic mass is 16.5. The van der Waals surface area contributed by atoms with Crippen molar-refractivity contribution in [3.05, 3.63) is 17.5 Å². The van der Waals surface area contributed by atoms with Crippen molar-refractivity contribution in [2.24, 2.45) is 11.7 Å². The smallest absolute Gasteiger partial charge is 0.133 e. The molecule has 1 aliphatic rings. The van der Waals surface area contributed by atoms with Crippen LogP contribution in [0.3, 0.4) is 0 Å². The van der Waals surface area contributed by atoms with Gasteiger partial charge in [0.15, 0.2) is 0 Å². The van der Waals surface area contributed by atoms with Gasteiger partial charge in [-0.25, -0.2) is 0 Å². The Labute approximate surface area is 90.2 Å². The van der Waals surface area contributed by atoms with Crippen LogP contribution in [0.1, 0.15) is 31.2 Å². The van der Waals surface area contributed by atoms with Crippen LogP contribution >= 0.6 is 0 Å². The molecular weight excluding hydrogens is 190 g/mol. The summed E-state index contributed by atoms with van der Waals surface area (Å²) in [5.74, 6) is 1.59. The van der Waals surface area contributed by atoms with Crippen LogP contribution in [0.25, 0.3) is 0 Å². The first-order valence-corrected chi connectivity index (χ1v) is 5.51. The zero-order chi connectivity index (χ0) is 10.9. The van der Waals surface area contributed by atoms with E-state index in [0.29, 0.717) is 6.54 Å². The first-order valence-electron chi connectivity index (χ1n) is 5.51. The highest BCUT2D eigenvalue weighted by Gasteiger charge is 2.40. The van der Waals surface area contributed by atoms with Gasteiger partial charge in [0.05, 0.1) is 5.69 Å². The standard InChI is InChI=1S/C11H19N3O/c1-8-5-10(14-15-8)6-13-11(2,7-12)9-3-4-9/h5,9,13H,3-4,6-7,12H2,1-2H3. The van der Waals surface area contributed by atoms with E-state index in [-0.39, 0.29) is 5.54 Å². The lowest BCUT2D eigenvalue weighted by Crippen LogP contribution is -2.50. The molecule has 0 bridgehead atoms. The van der Waals surface area contributed by atoms with Gasteiger partial charge in [0.25, 0.3) is 0 Å². The van der Waals surface area contributed by atoms with Crippen molar-refractivity contribution in [2.75, 3.05) is 6.54 Å². The van der Waals surface area contributed by atoms with E-state index in [1.807, 2.05) is 13.0 Å². The van der Waals surface area contributed by atoms with E-state index in [4.69, 9.17) is 10.3 Å². The molecule has 4 heteroatoms. The van der Waals surface area contributed by atoms with E-state index < -0.39 is 0 Å². The van der Waals surface area contributed by atoms with Gasteiger partial charge < -0.3 is 15.6 Å². The molecule has 0 radical (unpaired) electrons. The molecule has 15 heavy (non-hydrogen) atoms. The van der Waals surface area contributed by atoms with Crippen molar-refractivity contribution >= 4 is 0 Å². The molecule has 1 saturated carbocycles. The highest BCUT2D eigenvalue weighted by Crippen LogP contribution is 2.39. The quantitative estimate of drug-likeness (QED) is 0.765. The van der Waals surface area contributed by atoms with Gasteiger partial charge in [-0.1, -0.05) is 5.16 Å². The molecule has 1 atom stereocenters. The Morgan fingerprint density at radius 1 is 1.67 bits per heavy atom. The third kappa shape index (κ3) is 2.38. The van der Waals surface area contributed by atoms with E-state index in [9.17, 15) is 0 Å².